The molecule has 32 heavy (non-hydrogen) atoms. The molecule has 0 saturated carbocycles. The minimum atomic E-state index is -0.0806. The third-order valence-electron chi connectivity index (χ3n) is 5.11. The van der Waals surface area contributed by atoms with E-state index >= 15 is 0 Å². The van der Waals surface area contributed by atoms with Gasteiger partial charge in [0.15, 0.2) is 5.17 Å². The molecule has 1 fully saturated rings. The number of carbonyl (C=O) groups is 1. The topological polar surface area (TPSA) is 35.9 Å². The molecule has 0 bridgehead atoms. The van der Waals surface area contributed by atoms with Crippen LogP contribution < -0.4 is 9.80 Å². The zero-order chi connectivity index (χ0) is 22.4. The summed E-state index contributed by atoms with van der Waals surface area (Å²) in [6.45, 7) is 2.03. The number of benzene rings is 3. The molecule has 0 aromatic heterocycles. The number of fused-ring (bicyclic) bond motifs is 1. The van der Waals surface area contributed by atoms with Gasteiger partial charge in [-0.2, -0.15) is 0 Å². The Morgan fingerprint density at radius 3 is 2.41 bits per heavy atom. The van der Waals surface area contributed by atoms with Crippen LogP contribution >= 0.6 is 51.1 Å². The number of hydrogen-bond donors (Lipinski definition) is 0. The predicted molar refractivity (Wildman–Crippen MR) is 140 cm³/mol. The standard InChI is InChI=1S/C24H17BrClN3OS2/c1-14-3-10-18(11-4-14)29-22(30)21(32-24(29)27-17-8-5-15(25)6-9-17)23-28(2)19-13-16(26)7-12-20(19)31-23/h3-13H,1-2H3/b23-21-,27-24?. The van der Waals surface area contributed by atoms with Gasteiger partial charge in [0.25, 0.3) is 5.91 Å². The van der Waals surface area contributed by atoms with Crippen LogP contribution in [0.3, 0.4) is 0 Å². The van der Waals surface area contributed by atoms with Gasteiger partial charge in [0, 0.05) is 21.4 Å². The third kappa shape index (κ3) is 3.99. The Kier molecular flexibility index (Phi) is 5.84. The lowest BCUT2D eigenvalue weighted by atomic mass is 10.2. The molecule has 8 heteroatoms. The van der Waals surface area contributed by atoms with E-state index in [-0.39, 0.29) is 5.91 Å². The summed E-state index contributed by atoms with van der Waals surface area (Å²) in [6, 6.07) is 21.4. The predicted octanol–water partition coefficient (Wildman–Crippen LogP) is 7.59. The summed E-state index contributed by atoms with van der Waals surface area (Å²) < 4.78 is 0.982. The van der Waals surface area contributed by atoms with Gasteiger partial charge in [0.05, 0.1) is 22.1 Å². The van der Waals surface area contributed by atoms with Gasteiger partial charge >= 0.3 is 0 Å². The number of aliphatic imine (C=N–C) groups is 1. The van der Waals surface area contributed by atoms with Gasteiger partial charge in [-0.05, 0) is 73.3 Å². The smallest absolute Gasteiger partial charge is 0.274 e. The van der Waals surface area contributed by atoms with Crippen molar-refractivity contribution in [1.82, 2.24) is 0 Å². The van der Waals surface area contributed by atoms with E-state index in [0.29, 0.717) is 15.1 Å². The molecule has 1 amide bonds. The lowest BCUT2D eigenvalue weighted by Crippen LogP contribution is -2.29. The van der Waals surface area contributed by atoms with Crippen LogP contribution in [-0.4, -0.2) is 18.1 Å². The molecule has 2 aliphatic rings. The van der Waals surface area contributed by atoms with Gasteiger partial charge in [-0.25, -0.2) is 4.99 Å². The second-order valence-electron chi connectivity index (χ2n) is 7.36. The number of hydrogen-bond acceptors (Lipinski definition) is 5. The molecule has 0 atom stereocenters. The van der Waals surface area contributed by atoms with E-state index in [1.807, 2.05) is 85.6 Å². The van der Waals surface area contributed by atoms with Gasteiger partial charge in [-0.1, -0.05) is 57.0 Å². The normalized spacial score (nSPS) is 19.2. The molecule has 160 valence electrons. The third-order valence-corrected chi connectivity index (χ3v) is 8.27. The Balaban J connectivity index is 1.60. The largest absolute Gasteiger partial charge is 0.337 e. The quantitative estimate of drug-likeness (QED) is 0.313. The first kappa shape index (κ1) is 21.6. The maximum atomic E-state index is 13.7. The van der Waals surface area contributed by atoms with Gasteiger partial charge in [-0.15, -0.1) is 0 Å². The average molecular weight is 543 g/mol. The number of aryl methyl sites for hydroxylation is 1. The van der Waals surface area contributed by atoms with Crippen molar-refractivity contribution in [3.05, 3.63) is 91.7 Å². The van der Waals surface area contributed by atoms with Crippen molar-refractivity contribution in [2.24, 2.45) is 4.99 Å². The van der Waals surface area contributed by atoms with Crippen molar-refractivity contribution < 1.29 is 4.79 Å². The highest BCUT2D eigenvalue weighted by Crippen LogP contribution is 2.51. The molecule has 3 aromatic carbocycles. The van der Waals surface area contributed by atoms with E-state index in [2.05, 4.69) is 15.9 Å². The lowest BCUT2D eigenvalue weighted by molar-refractivity contribution is -0.113. The first-order valence-electron chi connectivity index (χ1n) is 9.79. The fraction of sp³-hybridized carbons (Fsp3) is 0.0833. The average Bonchev–Trinajstić information content (AvgIpc) is 3.27. The van der Waals surface area contributed by atoms with Crippen LogP contribution in [0.4, 0.5) is 17.1 Å². The Hall–Kier alpha value is -2.19. The first-order chi connectivity index (χ1) is 15.4. The number of anilines is 2. The molecule has 0 spiro atoms. The van der Waals surface area contributed by atoms with E-state index < -0.39 is 0 Å². The number of rotatable bonds is 2. The highest BCUT2D eigenvalue weighted by Gasteiger charge is 2.40. The molecule has 5 rings (SSSR count). The van der Waals surface area contributed by atoms with Crippen LogP contribution in [0, 0.1) is 6.92 Å². The highest BCUT2D eigenvalue weighted by atomic mass is 79.9. The van der Waals surface area contributed by atoms with E-state index in [4.69, 9.17) is 16.6 Å². The molecular weight excluding hydrogens is 526 g/mol. The number of carbonyl (C=O) groups excluding carboxylic acids is 1. The van der Waals surface area contributed by atoms with Crippen molar-refractivity contribution in [3.8, 4) is 0 Å². The summed E-state index contributed by atoms with van der Waals surface area (Å²) in [7, 11) is 1.96. The molecule has 0 aliphatic carbocycles. The number of nitrogens with zero attached hydrogens (tertiary/aromatic N) is 3. The van der Waals surface area contributed by atoms with Crippen molar-refractivity contribution in [2.45, 2.75) is 11.8 Å². The molecule has 1 saturated heterocycles. The minimum absolute atomic E-state index is 0.0806. The van der Waals surface area contributed by atoms with E-state index in [9.17, 15) is 4.79 Å². The fourth-order valence-electron chi connectivity index (χ4n) is 3.44. The summed E-state index contributed by atoms with van der Waals surface area (Å²) in [5, 5.41) is 2.19. The van der Waals surface area contributed by atoms with Crippen molar-refractivity contribution in [2.75, 3.05) is 16.8 Å². The maximum Gasteiger partial charge on any atom is 0.274 e. The molecule has 0 unspecified atom stereocenters. The number of amides is 1. The molecule has 4 nitrogen and oxygen atoms in total. The first-order valence-corrected chi connectivity index (χ1v) is 12.6. The molecule has 0 radical (unpaired) electrons. The van der Waals surface area contributed by atoms with Gasteiger partial charge in [0.2, 0.25) is 0 Å². The summed E-state index contributed by atoms with van der Waals surface area (Å²) in [5.41, 5.74) is 3.72. The molecule has 0 N–H and O–H groups in total. The van der Waals surface area contributed by atoms with Crippen molar-refractivity contribution >= 4 is 79.2 Å². The summed E-state index contributed by atoms with van der Waals surface area (Å²) in [5.74, 6) is -0.0806. The molecule has 3 aromatic rings. The number of halogens is 2. The Labute approximate surface area is 208 Å². The van der Waals surface area contributed by atoms with E-state index in [0.717, 1.165) is 37.0 Å². The summed E-state index contributed by atoms with van der Waals surface area (Å²) in [6.07, 6.45) is 0. The highest BCUT2D eigenvalue weighted by molar-refractivity contribution is 9.10. The van der Waals surface area contributed by atoms with Gasteiger partial charge in [-0.3, -0.25) is 9.69 Å². The fourth-order valence-corrected chi connectivity index (χ4v) is 6.20. The van der Waals surface area contributed by atoms with Crippen LogP contribution in [-0.2, 0) is 4.79 Å². The maximum absolute atomic E-state index is 13.7. The number of thioether (sulfide) groups is 2. The zero-order valence-corrected chi connectivity index (χ0v) is 21.1. The van der Waals surface area contributed by atoms with Crippen molar-refractivity contribution in [1.29, 1.82) is 0 Å². The van der Waals surface area contributed by atoms with E-state index in [1.54, 1.807) is 16.7 Å². The van der Waals surface area contributed by atoms with Gasteiger partial charge < -0.3 is 4.90 Å². The van der Waals surface area contributed by atoms with Crippen LogP contribution in [0.1, 0.15) is 5.56 Å². The Morgan fingerprint density at radius 2 is 1.69 bits per heavy atom. The van der Waals surface area contributed by atoms with Gasteiger partial charge in [0.1, 0.15) is 4.91 Å². The monoisotopic (exact) mass is 541 g/mol. The Bertz CT molecular complexity index is 1290. The summed E-state index contributed by atoms with van der Waals surface area (Å²) >= 11 is 12.7. The second kappa shape index (κ2) is 8.63. The molecule has 2 aliphatic heterocycles. The Morgan fingerprint density at radius 1 is 0.969 bits per heavy atom. The zero-order valence-electron chi connectivity index (χ0n) is 17.2. The van der Waals surface area contributed by atoms with Crippen LogP contribution in [0.5, 0.6) is 0 Å². The molecular formula is C24H17BrClN3OS2. The second-order valence-corrected chi connectivity index (χ2v) is 10.7. The van der Waals surface area contributed by atoms with E-state index in [1.165, 1.54) is 11.8 Å². The SMILES string of the molecule is Cc1ccc(N2C(=O)/C(=C3/Sc4ccc(Cl)cc4N3C)SC2=Nc2ccc(Br)cc2)cc1. The van der Waals surface area contributed by atoms with Crippen LogP contribution in [0.15, 0.2) is 91.0 Å². The molecule has 2 heterocycles. The van der Waals surface area contributed by atoms with Crippen LogP contribution in [0.2, 0.25) is 5.02 Å². The lowest BCUT2D eigenvalue weighted by Gasteiger charge is -2.17. The minimum Gasteiger partial charge on any atom is -0.337 e. The van der Waals surface area contributed by atoms with Crippen LogP contribution in [0.25, 0.3) is 0 Å². The van der Waals surface area contributed by atoms with Crippen molar-refractivity contribution in [3.63, 3.8) is 0 Å². The number of amidine groups is 1. The summed E-state index contributed by atoms with van der Waals surface area (Å²) in [4.78, 5) is 24.0.